The lowest BCUT2D eigenvalue weighted by molar-refractivity contribution is 0.0939. The SMILES string of the molecule is C[C@@H](NC(=O)c1cccc(S(=O)(=O)N2CCc3ccccc32)c1)c1ccccc1. The zero-order valence-electron chi connectivity index (χ0n) is 16.1. The Balaban J connectivity index is 1.58. The van der Waals surface area contributed by atoms with Gasteiger partial charge in [-0.3, -0.25) is 9.10 Å². The van der Waals surface area contributed by atoms with Crippen molar-refractivity contribution >= 4 is 21.6 Å². The van der Waals surface area contributed by atoms with Crippen LogP contribution in [-0.4, -0.2) is 20.9 Å². The van der Waals surface area contributed by atoms with Crippen molar-refractivity contribution < 1.29 is 13.2 Å². The number of amides is 1. The molecule has 29 heavy (non-hydrogen) atoms. The molecule has 0 aromatic heterocycles. The van der Waals surface area contributed by atoms with E-state index in [0.717, 1.165) is 11.1 Å². The Labute approximate surface area is 171 Å². The maximum absolute atomic E-state index is 13.2. The summed E-state index contributed by atoms with van der Waals surface area (Å²) in [5.74, 6) is -0.305. The molecule has 0 unspecified atom stereocenters. The first-order chi connectivity index (χ1) is 14.0. The Morgan fingerprint density at radius 1 is 0.966 bits per heavy atom. The Kier molecular flexibility index (Phi) is 5.11. The molecule has 5 nitrogen and oxygen atoms in total. The third-order valence-corrected chi connectivity index (χ3v) is 6.99. The van der Waals surface area contributed by atoms with E-state index in [0.29, 0.717) is 24.2 Å². The molecule has 0 fully saturated rings. The van der Waals surface area contributed by atoms with E-state index < -0.39 is 10.0 Å². The number of rotatable bonds is 5. The van der Waals surface area contributed by atoms with Gasteiger partial charge in [0.15, 0.2) is 0 Å². The maximum atomic E-state index is 13.2. The predicted molar refractivity (Wildman–Crippen MR) is 113 cm³/mol. The summed E-state index contributed by atoms with van der Waals surface area (Å²) in [5.41, 5.74) is 3.03. The molecule has 0 aliphatic carbocycles. The van der Waals surface area contributed by atoms with Gasteiger partial charge in [-0.15, -0.1) is 0 Å². The van der Waals surface area contributed by atoms with Crippen LogP contribution < -0.4 is 9.62 Å². The van der Waals surface area contributed by atoms with Gasteiger partial charge in [-0.1, -0.05) is 54.6 Å². The summed E-state index contributed by atoms with van der Waals surface area (Å²) in [5, 5.41) is 2.93. The summed E-state index contributed by atoms with van der Waals surface area (Å²) in [6.45, 7) is 2.30. The number of carbonyl (C=O) groups is 1. The van der Waals surface area contributed by atoms with Crippen molar-refractivity contribution in [2.45, 2.75) is 24.3 Å². The molecule has 148 valence electrons. The van der Waals surface area contributed by atoms with Crippen LogP contribution in [0, 0.1) is 0 Å². The van der Waals surface area contributed by atoms with Crippen molar-refractivity contribution in [1.29, 1.82) is 0 Å². The van der Waals surface area contributed by atoms with Gasteiger partial charge in [0, 0.05) is 12.1 Å². The van der Waals surface area contributed by atoms with E-state index >= 15 is 0 Å². The van der Waals surface area contributed by atoms with Crippen LogP contribution in [-0.2, 0) is 16.4 Å². The molecular weight excluding hydrogens is 384 g/mol. The lowest BCUT2D eigenvalue weighted by Crippen LogP contribution is -2.30. The van der Waals surface area contributed by atoms with Gasteiger partial charge < -0.3 is 5.32 Å². The molecule has 3 aromatic carbocycles. The molecule has 0 saturated heterocycles. The minimum atomic E-state index is -3.74. The summed E-state index contributed by atoms with van der Waals surface area (Å²) < 4.78 is 27.8. The highest BCUT2D eigenvalue weighted by atomic mass is 32.2. The molecule has 3 aromatic rings. The van der Waals surface area contributed by atoms with Gasteiger partial charge in [-0.2, -0.15) is 0 Å². The van der Waals surface area contributed by atoms with Crippen LogP contribution in [0.5, 0.6) is 0 Å². The first kappa shape index (κ1) is 19.2. The number of hydrogen-bond acceptors (Lipinski definition) is 3. The second-order valence-electron chi connectivity index (χ2n) is 7.09. The average Bonchev–Trinajstić information content (AvgIpc) is 3.19. The third-order valence-electron chi connectivity index (χ3n) is 5.18. The van der Waals surface area contributed by atoms with Crippen LogP contribution in [0.3, 0.4) is 0 Å². The molecule has 4 rings (SSSR count). The fourth-order valence-electron chi connectivity index (χ4n) is 3.59. The van der Waals surface area contributed by atoms with Crippen LogP contribution in [0.2, 0.25) is 0 Å². The highest BCUT2D eigenvalue weighted by Gasteiger charge is 2.31. The molecule has 0 spiro atoms. The van der Waals surface area contributed by atoms with Crippen molar-refractivity contribution in [3.05, 3.63) is 95.6 Å². The fourth-order valence-corrected chi connectivity index (χ4v) is 5.14. The summed E-state index contributed by atoms with van der Waals surface area (Å²) >= 11 is 0. The van der Waals surface area contributed by atoms with Gasteiger partial charge >= 0.3 is 0 Å². The second-order valence-corrected chi connectivity index (χ2v) is 8.95. The lowest BCUT2D eigenvalue weighted by atomic mass is 10.1. The van der Waals surface area contributed by atoms with Gasteiger partial charge in [0.05, 0.1) is 16.6 Å². The molecule has 6 heteroatoms. The normalized spacial score (nSPS) is 14.3. The molecular formula is C23H22N2O3S. The number of nitrogens with one attached hydrogen (secondary N) is 1. The van der Waals surface area contributed by atoms with Crippen LogP contribution in [0.25, 0.3) is 0 Å². The minimum Gasteiger partial charge on any atom is -0.346 e. The van der Waals surface area contributed by atoms with Crippen molar-refractivity contribution in [3.63, 3.8) is 0 Å². The monoisotopic (exact) mass is 406 g/mol. The second kappa shape index (κ2) is 7.72. The lowest BCUT2D eigenvalue weighted by Gasteiger charge is -2.20. The van der Waals surface area contributed by atoms with Crippen molar-refractivity contribution in [2.75, 3.05) is 10.8 Å². The maximum Gasteiger partial charge on any atom is 0.264 e. The smallest absolute Gasteiger partial charge is 0.264 e. The summed E-state index contributed by atoms with van der Waals surface area (Å²) in [7, 11) is -3.74. The summed E-state index contributed by atoms with van der Waals surface area (Å²) in [6.07, 6.45) is 0.685. The molecule has 0 saturated carbocycles. The first-order valence-corrected chi connectivity index (χ1v) is 11.0. The van der Waals surface area contributed by atoms with Crippen LogP contribution >= 0.6 is 0 Å². The molecule has 1 aliphatic rings. The van der Waals surface area contributed by atoms with Crippen LogP contribution in [0.4, 0.5) is 5.69 Å². The topological polar surface area (TPSA) is 66.5 Å². The Morgan fingerprint density at radius 3 is 2.48 bits per heavy atom. The van der Waals surface area contributed by atoms with E-state index in [1.165, 1.54) is 16.4 Å². The number of nitrogens with zero attached hydrogens (tertiary/aromatic N) is 1. The Morgan fingerprint density at radius 2 is 1.69 bits per heavy atom. The van der Waals surface area contributed by atoms with Gasteiger partial charge in [0.25, 0.3) is 15.9 Å². The van der Waals surface area contributed by atoms with Gasteiger partial charge in [0.1, 0.15) is 0 Å². The molecule has 1 atom stereocenters. The van der Waals surface area contributed by atoms with Crippen LogP contribution in [0.1, 0.15) is 34.5 Å². The Hall–Kier alpha value is -3.12. The third kappa shape index (κ3) is 3.76. The number of sulfonamides is 1. The number of hydrogen-bond donors (Lipinski definition) is 1. The predicted octanol–water partition coefficient (Wildman–Crippen LogP) is 3.93. The quantitative estimate of drug-likeness (QED) is 0.698. The van der Waals surface area contributed by atoms with E-state index in [-0.39, 0.29) is 16.8 Å². The average molecular weight is 407 g/mol. The van der Waals surface area contributed by atoms with Crippen molar-refractivity contribution in [1.82, 2.24) is 5.32 Å². The summed E-state index contributed by atoms with van der Waals surface area (Å²) in [6, 6.07) is 23.2. The number of anilines is 1. The van der Waals surface area contributed by atoms with E-state index in [1.54, 1.807) is 12.1 Å². The largest absolute Gasteiger partial charge is 0.346 e. The minimum absolute atomic E-state index is 0.120. The highest BCUT2D eigenvalue weighted by molar-refractivity contribution is 7.92. The summed E-state index contributed by atoms with van der Waals surface area (Å²) in [4.78, 5) is 12.8. The highest BCUT2D eigenvalue weighted by Crippen LogP contribution is 2.32. The molecule has 0 radical (unpaired) electrons. The number of carbonyl (C=O) groups excluding carboxylic acids is 1. The van der Waals surface area contributed by atoms with Crippen molar-refractivity contribution in [3.8, 4) is 0 Å². The van der Waals surface area contributed by atoms with Gasteiger partial charge in [0.2, 0.25) is 0 Å². The zero-order valence-corrected chi connectivity index (χ0v) is 16.9. The van der Waals surface area contributed by atoms with E-state index in [9.17, 15) is 13.2 Å². The van der Waals surface area contributed by atoms with Crippen molar-refractivity contribution in [2.24, 2.45) is 0 Å². The van der Waals surface area contributed by atoms with E-state index in [1.807, 2.05) is 61.5 Å². The first-order valence-electron chi connectivity index (χ1n) is 9.53. The number of para-hydroxylation sites is 1. The van der Waals surface area contributed by atoms with Gasteiger partial charge in [-0.05, 0) is 48.7 Å². The molecule has 1 aliphatic heterocycles. The zero-order chi connectivity index (χ0) is 20.4. The van der Waals surface area contributed by atoms with E-state index in [4.69, 9.17) is 0 Å². The Bertz CT molecular complexity index is 1140. The molecule has 1 amide bonds. The standard InChI is InChI=1S/C23H22N2O3S/c1-17(18-8-3-2-4-9-18)24-23(26)20-11-7-12-21(16-20)29(27,28)25-15-14-19-10-5-6-13-22(19)25/h2-13,16-17H,14-15H2,1H3,(H,24,26)/t17-/m1/s1. The van der Waals surface area contributed by atoms with Crippen LogP contribution in [0.15, 0.2) is 83.8 Å². The molecule has 1 N–H and O–H groups in total. The number of fused-ring (bicyclic) bond motifs is 1. The molecule has 0 bridgehead atoms. The van der Waals surface area contributed by atoms with Gasteiger partial charge in [-0.25, -0.2) is 8.42 Å². The molecule has 1 heterocycles. The van der Waals surface area contributed by atoms with E-state index in [2.05, 4.69) is 5.32 Å². The number of benzene rings is 3. The fraction of sp³-hybridized carbons (Fsp3) is 0.174.